The van der Waals surface area contributed by atoms with Crippen molar-refractivity contribution in [2.75, 3.05) is 0 Å². The fourth-order valence-corrected chi connectivity index (χ4v) is 1.57. The van der Waals surface area contributed by atoms with Crippen LogP contribution >= 0.6 is 11.3 Å². The van der Waals surface area contributed by atoms with Crippen molar-refractivity contribution in [2.24, 2.45) is 0 Å². The predicted octanol–water partition coefficient (Wildman–Crippen LogP) is 2.79. The fraction of sp³-hybridized carbons (Fsp3) is 0.333. The first-order valence-corrected chi connectivity index (χ1v) is 4.99. The van der Waals surface area contributed by atoms with E-state index in [0.717, 1.165) is 11.3 Å². The minimum atomic E-state index is -4.76. The molecule has 0 aliphatic rings. The van der Waals surface area contributed by atoms with E-state index in [1.165, 1.54) is 17.5 Å². The molecule has 0 aliphatic heterocycles. The predicted molar refractivity (Wildman–Crippen MR) is 49.2 cm³/mol. The van der Waals surface area contributed by atoms with E-state index in [-0.39, 0.29) is 4.88 Å². The third-order valence-corrected chi connectivity index (χ3v) is 2.67. The summed E-state index contributed by atoms with van der Waals surface area (Å²) in [5.74, 6) is -7.69. The molecule has 0 saturated carbocycles. The maximum absolute atomic E-state index is 12.5. The maximum Gasteiger partial charge on any atom is 0.364 e. The van der Waals surface area contributed by atoms with E-state index < -0.39 is 30.3 Å². The lowest BCUT2D eigenvalue weighted by atomic mass is 10.1. The topological polar surface area (TPSA) is 34.1 Å². The standard InChI is InChI=1S/C9H6F4O2S/c10-8(11)9(12,13)7(15)4-5(14)6-2-1-3-16-6/h1-3,8H,4H2. The highest BCUT2D eigenvalue weighted by Crippen LogP contribution is 2.26. The van der Waals surface area contributed by atoms with Gasteiger partial charge in [0.1, 0.15) is 0 Å². The van der Waals surface area contributed by atoms with Gasteiger partial charge in [0.25, 0.3) is 0 Å². The van der Waals surface area contributed by atoms with Gasteiger partial charge in [0.2, 0.25) is 5.78 Å². The number of alkyl halides is 4. The van der Waals surface area contributed by atoms with Crippen LogP contribution in [0.1, 0.15) is 16.1 Å². The Hall–Kier alpha value is -1.24. The van der Waals surface area contributed by atoms with Crippen molar-refractivity contribution in [1.82, 2.24) is 0 Å². The number of rotatable bonds is 5. The highest BCUT2D eigenvalue weighted by atomic mass is 32.1. The number of halogens is 4. The van der Waals surface area contributed by atoms with Crippen LogP contribution < -0.4 is 0 Å². The first-order valence-electron chi connectivity index (χ1n) is 4.11. The van der Waals surface area contributed by atoms with Crippen molar-refractivity contribution in [3.63, 3.8) is 0 Å². The van der Waals surface area contributed by atoms with Crippen molar-refractivity contribution < 1.29 is 27.2 Å². The largest absolute Gasteiger partial charge is 0.364 e. The number of carbonyl (C=O) groups is 2. The quantitative estimate of drug-likeness (QED) is 0.460. The molecule has 0 fully saturated rings. The monoisotopic (exact) mass is 254 g/mol. The molecule has 0 aliphatic carbocycles. The van der Waals surface area contributed by atoms with E-state index in [2.05, 4.69) is 0 Å². The van der Waals surface area contributed by atoms with Gasteiger partial charge < -0.3 is 0 Å². The van der Waals surface area contributed by atoms with Crippen LogP contribution in [0.25, 0.3) is 0 Å². The SMILES string of the molecule is O=C(CC(=O)C(F)(F)C(F)F)c1cccs1. The van der Waals surface area contributed by atoms with E-state index in [9.17, 15) is 27.2 Å². The number of thiophene rings is 1. The Morgan fingerprint density at radius 3 is 2.44 bits per heavy atom. The van der Waals surface area contributed by atoms with Gasteiger partial charge in [-0.3, -0.25) is 9.59 Å². The highest BCUT2D eigenvalue weighted by Gasteiger charge is 2.48. The van der Waals surface area contributed by atoms with Crippen molar-refractivity contribution in [3.05, 3.63) is 22.4 Å². The van der Waals surface area contributed by atoms with Gasteiger partial charge >= 0.3 is 12.3 Å². The maximum atomic E-state index is 12.5. The molecule has 1 rings (SSSR count). The van der Waals surface area contributed by atoms with Crippen molar-refractivity contribution in [2.45, 2.75) is 18.8 Å². The lowest BCUT2D eigenvalue weighted by molar-refractivity contribution is -0.166. The summed E-state index contributed by atoms with van der Waals surface area (Å²) in [7, 11) is 0. The molecule has 0 spiro atoms. The zero-order valence-electron chi connectivity index (χ0n) is 7.75. The average Bonchev–Trinajstić information content (AvgIpc) is 2.69. The number of hydrogen-bond donors (Lipinski definition) is 0. The Morgan fingerprint density at radius 2 is 2.00 bits per heavy atom. The van der Waals surface area contributed by atoms with Gasteiger partial charge in [-0.25, -0.2) is 8.78 Å². The summed E-state index contributed by atoms with van der Waals surface area (Å²) in [6.45, 7) is 0. The Kier molecular flexibility index (Phi) is 3.79. The molecule has 0 radical (unpaired) electrons. The minimum Gasteiger partial charge on any atom is -0.293 e. The van der Waals surface area contributed by atoms with Crippen LogP contribution in [0.2, 0.25) is 0 Å². The second-order valence-corrected chi connectivity index (χ2v) is 3.87. The van der Waals surface area contributed by atoms with Crippen LogP contribution in [0.5, 0.6) is 0 Å². The third-order valence-electron chi connectivity index (χ3n) is 1.76. The van der Waals surface area contributed by atoms with Crippen molar-refractivity contribution in [3.8, 4) is 0 Å². The summed E-state index contributed by atoms with van der Waals surface area (Å²) in [5.41, 5.74) is 0. The Morgan fingerprint density at radius 1 is 1.38 bits per heavy atom. The molecule has 0 bridgehead atoms. The van der Waals surface area contributed by atoms with Crippen molar-refractivity contribution in [1.29, 1.82) is 0 Å². The van der Waals surface area contributed by atoms with Gasteiger partial charge in [-0.05, 0) is 11.4 Å². The molecule has 7 heteroatoms. The Bertz CT molecular complexity index is 386. The number of carbonyl (C=O) groups excluding carboxylic acids is 2. The molecule has 1 aromatic rings. The zero-order valence-corrected chi connectivity index (χ0v) is 8.57. The summed E-state index contributed by atoms with van der Waals surface area (Å²) in [5, 5.41) is 1.52. The molecule has 0 saturated heterocycles. The molecule has 1 heterocycles. The summed E-state index contributed by atoms with van der Waals surface area (Å²) in [6.07, 6.45) is -5.30. The lowest BCUT2D eigenvalue weighted by Gasteiger charge is -2.12. The summed E-state index contributed by atoms with van der Waals surface area (Å²) >= 11 is 0.958. The normalized spacial score (nSPS) is 11.8. The van der Waals surface area contributed by atoms with E-state index in [1.807, 2.05) is 0 Å². The molecule has 0 unspecified atom stereocenters. The minimum absolute atomic E-state index is 0.0958. The van der Waals surface area contributed by atoms with Gasteiger partial charge in [0.05, 0.1) is 11.3 Å². The molecule has 88 valence electrons. The fourth-order valence-electron chi connectivity index (χ4n) is 0.910. The number of ketones is 2. The van der Waals surface area contributed by atoms with Crippen LogP contribution in [-0.4, -0.2) is 23.9 Å². The van der Waals surface area contributed by atoms with Crippen LogP contribution in [0.15, 0.2) is 17.5 Å². The Balaban J connectivity index is 2.69. The van der Waals surface area contributed by atoms with Crippen LogP contribution in [0, 0.1) is 0 Å². The summed E-state index contributed by atoms with van der Waals surface area (Å²) in [6, 6.07) is 2.83. The molecular weight excluding hydrogens is 248 g/mol. The van der Waals surface area contributed by atoms with Crippen LogP contribution in [-0.2, 0) is 4.79 Å². The van der Waals surface area contributed by atoms with E-state index in [4.69, 9.17) is 0 Å². The molecule has 2 nitrogen and oxygen atoms in total. The Labute approximate surface area is 91.9 Å². The lowest BCUT2D eigenvalue weighted by Crippen LogP contribution is -2.37. The molecule has 16 heavy (non-hydrogen) atoms. The first kappa shape index (κ1) is 12.8. The average molecular weight is 254 g/mol. The molecule has 0 aromatic carbocycles. The number of hydrogen-bond acceptors (Lipinski definition) is 3. The molecule has 0 N–H and O–H groups in total. The van der Waals surface area contributed by atoms with E-state index in [0.29, 0.717) is 0 Å². The smallest absolute Gasteiger partial charge is 0.293 e. The highest BCUT2D eigenvalue weighted by molar-refractivity contribution is 7.12. The van der Waals surface area contributed by atoms with Gasteiger partial charge in [0.15, 0.2) is 5.78 Å². The molecule has 0 amide bonds. The van der Waals surface area contributed by atoms with Gasteiger partial charge in [-0.2, -0.15) is 8.78 Å². The third kappa shape index (κ3) is 2.66. The van der Waals surface area contributed by atoms with Crippen LogP contribution in [0.4, 0.5) is 17.6 Å². The van der Waals surface area contributed by atoms with E-state index >= 15 is 0 Å². The number of Topliss-reactive ketones (excluding diaryl/α,β-unsaturated/α-hetero) is 2. The summed E-state index contributed by atoms with van der Waals surface area (Å²) < 4.78 is 48.5. The van der Waals surface area contributed by atoms with Crippen LogP contribution in [0.3, 0.4) is 0 Å². The molecule has 1 aromatic heterocycles. The summed E-state index contributed by atoms with van der Waals surface area (Å²) in [4.78, 5) is 22.1. The first-order chi connectivity index (χ1) is 7.35. The zero-order chi connectivity index (χ0) is 12.3. The molecule has 0 atom stereocenters. The molecular formula is C9H6F4O2S. The van der Waals surface area contributed by atoms with Crippen molar-refractivity contribution >= 4 is 22.9 Å². The van der Waals surface area contributed by atoms with Gasteiger partial charge in [0, 0.05) is 0 Å². The second-order valence-electron chi connectivity index (χ2n) is 2.92. The van der Waals surface area contributed by atoms with E-state index in [1.54, 1.807) is 0 Å². The van der Waals surface area contributed by atoms with Gasteiger partial charge in [-0.1, -0.05) is 6.07 Å². The van der Waals surface area contributed by atoms with Gasteiger partial charge in [-0.15, -0.1) is 11.3 Å². The second kappa shape index (κ2) is 4.73.